The van der Waals surface area contributed by atoms with E-state index < -0.39 is 0 Å². The molecule has 1 aromatic rings. The second-order valence-corrected chi connectivity index (χ2v) is 5.85. The number of methoxy groups -OCH3 is 1. The third kappa shape index (κ3) is 4.53. The van der Waals surface area contributed by atoms with Gasteiger partial charge in [-0.15, -0.1) is 11.3 Å². The molecule has 1 N–H and O–H groups in total. The number of ether oxygens (including phenoxy) is 1. The van der Waals surface area contributed by atoms with E-state index in [1.165, 1.54) is 9.35 Å². The summed E-state index contributed by atoms with van der Waals surface area (Å²) < 4.78 is 6.59. The van der Waals surface area contributed by atoms with Crippen molar-refractivity contribution in [3.8, 4) is 0 Å². The number of thiophene rings is 1. The zero-order valence-corrected chi connectivity index (χ0v) is 12.5. The first-order valence-electron chi connectivity index (χ1n) is 5.66. The van der Waals surface area contributed by atoms with Crippen LogP contribution in [0.3, 0.4) is 0 Å². The molecule has 16 heavy (non-hydrogen) atoms. The minimum atomic E-state index is 0.243. The number of hydrogen-bond acceptors (Lipinski definition) is 3. The Kier molecular flexibility index (Phi) is 6.58. The average molecular weight is 306 g/mol. The monoisotopic (exact) mass is 305 g/mol. The summed E-state index contributed by atoms with van der Waals surface area (Å²) in [5.74, 6) is 0. The predicted octanol–water partition coefficient (Wildman–Crippen LogP) is 3.46. The van der Waals surface area contributed by atoms with Gasteiger partial charge in [0.25, 0.3) is 0 Å². The van der Waals surface area contributed by atoms with E-state index in [0.29, 0.717) is 6.04 Å². The number of rotatable bonds is 7. The molecule has 4 heteroatoms. The van der Waals surface area contributed by atoms with Gasteiger partial charge in [0, 0.05) is 27.9 Å². The van der Waals surface area contributed by atoms with Gasteiger partial charge in [-0.1, -0.05) is 6.92 Å². The molecule has 2 atom stereocenters. The van der Waals surface area contributed by atoms with Crippen LogP contribution < -0.4 is 5.32 Å². The molecule has 0 saturated carbocycles. The SMILES string of the molecule is CCCNC(Cc1cc(Br)cs1)C(C)OC. The highest BCUT2D eigenvalue weighted by atomic mass is 79.9. The van der Waals surface area contributed by atoms with Crippen LogP contribution in [-0.4, -0.2) is 25.8 Å². The number of nitrogens with one attached hydrogen (secondary N) is 1. The average Bonchev–Trinajstić information content (AvgIpc) is 2.69. The molecule has 2 nitrogen and oxygen atoms in total. The lowest BCUT2D eigenvalue weighted by Crippen LogP contribution is -2.41. The van der Waals surface area contributed by atoms with Crippen LogP contribution >= 0.6 is 27.3 Å². The second-order valence-electron chi connectivity index (χ2n) is 3.94. The van der Waals surface area contributed by atoms with Gasteiger partial charge in [-0.2, -0.15) is 0 Å². The molecular formula is C12H20BrNOS. The third-order valence-electron chi connectivity index (χ3n) is 2.64. The van der Waals surface area contributed by atoms with Crippen LogP contribution in [0.1, 0.15) is 25.1 Å². The van der Waals surface area contributed by atoms with Crippen molar-refractivity contribution in [1.29, 1.82) is 0 Å². The zero-order chi connectivity index (χ0) is 12.0. The van der Waals surface area contributed by atoms with E-state index in [9.17, 15) is 0 Å². The fraction of sp³-hybridized carbons (Fsp3) is 0.667. The molecule has 92 valence electrons. The van der Waals surface area contributed by atoms with Gasteiger partial charge < -0.3 is 10.1 Å². The Labute approximate surface area is 111 Å². The molecule has 1 heterocycles. The van der Waals surface area contributed by atoms with Gasteiger partial charge in [0.15, 0.2) is 0 Å². The van der Waals surface area contributed by atoms with Crippen LogP contribution in [0.4, 0.5) is 0 Å². The summed E-state index contributed by atoms with van der Waals surface area (Å²) in [5.41, 5.74) is 0. The molecule has 0 bridgehead atoms. The van der Waals surface area contributed by atoms with E-state index in [1.54, 1.807) is 18.4 Å². The Morgan fingerprint density at radius 2 is 2.31 bits per heavy atom. The summed E-state index contributed by atoms with van der Waals surface area (Å²) in [6, 6.07) is 2.59. The van der Waals surface area contributed by atoms with Crippen LogP contribution in [0.15, 0.2) is 15.9 Å². The predicted molar refractivity (Wildman–Crippen MR) is 74.3 cm³/mol. The maximum absolute atomic E-state index is 5.42. The third-order valence-corrected chi connectivity index (χ3v) is 4.36. The van der Waals surface area contributed by atoms with Crippen molar-refractivity contribution in [2.24, 2.45) is 0 Å². The van der Waals surface area contributed by atoms with Gasteiger partial charge in [0.2, 0.25) is 0 Å². The second kappa shape index (κ2) is 7.43. The minimum absolute atomic E-state index is 0.243. The van der Waals surface area contributed by atoms with E-state index >= 15 is 0 Å². The fourth-order valence-electron chi connectivity index (χ4n) is 1.58. The lowest BCUT2D eigenvalue weighted by molar-refractivity contribution is 0.0833. The lowest BCUT2D eigenvalue weighted by atomic mass is 10.1. The molecule has 1 aromatic heterocycles. The van der Waals surface area contributed by atoms with E-state index in [4.69, 9.17) is 4.74 Å². The number of hydrogen-bond donors (Lipinski definition) is 1. The van der Waals surface area contributed by atoms with Crippen molar-refractivity contribution in [3.63, 3.8) is 0 Å². The Bertz CT molecular complexity index is 303. The normalized spacial score (nSPS) is 15.0. The summed E-state index contributed by atoms with van der Waals surface area (Å²) in [7, 11) is 1.77. The van der Waals surface area contributed by atoms with E-state index in [2.05, 4.69) is 46.5 Å². The molecule has 0 aliphatic heterocycles. The molecule has 0 aromatic carbocycles. The van der Waals surface area contributed by atoms with Gasteiger partial charge in [0.1, 0.15) is 0 Å². The van der Waals surface area contributed by atoms with Crippen LogP contribution in [0.5, 0.6) is 0 Å². The van der Waals surface area contributed by atoms with Crippen molar-refractivity contribution in [3.05, 3.63) is 20.8 Å². The summed E-state index contributed by atoms with van der Waals surface area (Å²) >= 11 is 5.28. The first-order chi connectivity index (χ1) is 7.67. The first kappa shape index (κ1) is 14.2. The lowest BCUT2D eigenvalue weighted by Gasteiger charge is -2.23. The Morgan fingerprint density at radius 1 is 1.56 bits per heavy atom. The highest BCUT2D eigenvalue weighted by molar-refractivity contribution is 9.10. The van der Waals surface area contributed by atoms with Crippen molar-refractivity contribution >= 4 is 27.3 Å². The molecule has 0 aliphatic rings. The van der Waals surface area contributed by atoms with Gasteiger partial charge in [-0.3, -0.25) is 0 Å². The van der Waals surface area contributed by atoms with Gasteiger partial charge >= 0.3 is 0 Å². The first-order valence-corrected chi connectivity index (χ1v) is 7.33. The van der Waals surface area contributed by atoms with Crippen molar-refractivity contribution in [2.75, 3.05) is 13.7 Å². The molecule has 0 radical (unpaired) electrons. The molecular weight excluding hydrogens is 286 g/mol. The Balaban J connectivity index is 2.55. The van der Waals surface area contributed by atoms with Crippen LogP contribution in [-0.2, 0) is 11.2 Å². The van der Waals surface area contributed by atoms with Crippen LogP contribution in [0.25, 0.3) is 0 Å². The van der Waals surface area contributed by atoms with E-state index in [0.717, 1.165) is 19.4 Å². The summed E-state index contributed by atoms with van der Waals surface area (Å²) in [4.78, 5) is 1.39. The highest BCUT2D eigenvalue weighted by Crippen LogP contribution is 2.21. The van der Waals surface area contributed by atoms with E-state index in [1.807, 2.05) is 0 Å². The highest BCUT2D eigenvalue weighted by Gasteiger charge is 2.17. The fourth-order valence-corrected chi connectivity index (χ4v) is 3.09. The Morgan fingerprint density at radius 3 is 2.81 bits per heavy atom. The van der Waals surface area contributed by atoms with Gasteiger partial charge in [-0.05, 0) is 48.3 Å². The molecule has 0 saturated heterocycles. The topological polar surface area (TPSA) is 21.3 Å². The van der Waals surface area contributed by atoms with Crippen LogP contribution in [0, 0.1) is 0 Å². The quantitative estimate of drug-likeness (QED) is 0.833. The minimum Gasteiger partial charge on any atom is -0.380 e. The summed E-state index contributed by atoms with van der Waals surface area (Å²) in [6.07, 6.45) is 2.43. The molecule has 2 unspecified atom stereocenters. The standard InChI is InChI=1S/C12H20BrNOS/c1-4-5-14-12(9(2)15-3)7-11-6-10(13)8-16-11/h6,8-9,12,14H,4-5,7H2,1-3H3. The maximum Gasteiger partial charge on any atom is 0.0699 e. The zero-order valence-electron chi connectivity index (χ0n) is 10.1. The maximum atomic E-state index is 5.42. The summed E-state index contributed by atoms with van der Waals surface area (Å²) in [5, 5.41) is 5.67. The molecule has 0 fully saturated rings. The van der Waals surface area contributed by atoms with Crippen molar-refractivity contribution in [2.45, 2.75) is 38.8 Å². The number of halogens is 1. The largest absolute Gasteiger partial charge is 0.380 e. The van der Waals surface area contributed by atoms with Crippen molar-refractivity contribution in [1.82, 2.24) is 5.32 Å². The van der Waals surface area contributed by atoms with Crippen molar-refractivity contribution < 1.29 is 4.74 Å². The van der Waals surface area contributed by atoms with Gasteiger partial charge in [-0.25, -0.2) is 0 Å². The smallest absolute Gasteiger partial charge is 0.0699 e. The molecule has 1 rings (SSSR count). The Hall–Kier alpha value is 0.1000. The molecule has 0 amide bonds. The van der Waals surface area contributed by atoms with E-state index in [-0.39, 0.29) is 6.10 Å². The molecule has 0 aliphatic carbocycles. The summed E-state index contributed by atoms with van der Waals surface area (Å²) in [6.45, 7) is 5.35. The van der Waals surface area contributed by atoms with Crippen LogP contribution in [0.2, 0.25) is 0 Å². The molecule has 0 spiro atoms. The van der Waals surface area contributed by atoms with Gasteiger partial charge in [0.05, 0.1) is 6.10 Å².